The van der Waals surface area contributed by atoms with E-state index in [1.165, 1.54) is 5.56 Å². The summed E-state index contributed by atoms with van der Waals surface area (Å²) in [5.74, 6) is 0.697. The van der Waals surface area contributed by atoms with Crippen LogP contribution in [0.2, 0.25) is 0 Å². The predicted molar refractivity (Wildman–Crippen MR) is 101 cm³/mol. The second-order valence-electron chi connectivity index (χ2n) is 7.21. The smallest absolute Gasteiger partial charge is 0.324 e. The molecular formula is C21H23N3O2. The second-order valence-corrected chi connectivity index (χ2v) is 7.21. The van der Waals surface area contributed by atoms with Crippen LogP contribution in [-0.4, -0.2) is 33.9 Å². The van der Waals surface area contributed by atoms with Gasteiger partial charge in [-0.15, -0.1) is 0 Å². The monoisotopic (exact) mass is 349 g/mol. The Morgan fingerprint density at radius 1 is 1.12 bits per heavy atom. The highest BCUT2D eigenvalue weighted by atomic mass is 16.5. The summed E-state index contributed by atoms with van der Waals surface area (Å²) in [6, 6.07) is 20.6. The van der Waals surface area contributed by atoms with Gasteiger partial charge in [0.25, 0.3) is 0 Å². The van der Waals surface area contributed by atoms with Crippen molar-refractivity contribution >= 4 is 6.01 Å². The molecule has 1 saturated heterocycles. The largest absolute Gasteiger partial charge is 0.390 e. The molecule has 5 heteroatoms. The highest BCUT2D eigenvalue weighted by molar-refractivity contribution is 5.55. The van der Waals surface area contributed by atoms with Crippen molar-refractivity contribution in [2.24, 2.45) is 5.92 Å². The van der Waals surface area contributed by atoms with Gasteiger partial charge in [-0.3, -0.25) is 0 Å². The number of aromatic nitrogens is 2. The average molecular weight is 349 g/mol. The SMILES string of the molecule is C[C@@]1(O)CCN(c2nc(-c3ccccc3)no2)C[C@@H]1Cc1ccccc1. The number of hydrogen-bond acceptors (Lipinski definition) is 5. The van der Waals surface area contributed by atoms with Crippen LogP contribution in [0.4, 0.5) is 6.01 Å². The van der Waals surface area contributed by atoms with E-state index in [9.17, 15) is 5.11 Å². The number of rotatable bonds is 4. The van der Waals surface area contributed by atoms with Crippen molar-refractivity contribution in [3.05, 3.63) is 66.2 Å². The number of hydrogen-bond donors (Lipinski definition) is 1. The van der Waals surface area contributed by atoms with E-state index in [0.717, 1.165) is 12.0 Å². The fraction of sp³-hybridized carbons (Fsp3) is 0.333. The molecule has 0 unspecified atom stereocenters. The summed E-state index contributed by atoms with van der Waals surface area (Å²) in [6.07, 6.45) is 1.50. The van der Waals surface area contributed by atoms with E-state index in [0.29, 0.717) is 31.3 Å². The maximum atomic E-state index is 10.9. The third kappa shape index (κ3) is 3.48. The predicted octanol–water partition coefficient (Wildman–Crippen LogP) is 3.56. The van der Waals surface area contributed by atoms with Gasteiger partial charge in [-0.1, -0.05) is 65.8 Å². The van der Waals surface area contributed by atoms with Crippen LogP contribution in [0.25, 0.3) is 11.4 Å². The summed E-state index contributed by atoms with van der Waals surface area (Å²) in [5.41, 5.74) is 1.47. The van der Waals surface area contributed by atoms with E-state index < -0.39 is 5.60 Å². The minimum Gasteiger partial charge on any atom is -0.390 e. The summed E-state index contributed by atoms with van der Waals surface area (Å²) >= 11 is 0. The number of benzene rings is 2. The Morgan fingerprint density at radius 3 is 2.54 bits per heavy atom. The standard InChI is InChI=1S/C21H23N3O2/c1-21(25)12-13-24(15-18(21)14-16-8-4-2-5-9-16)20-22-19(23-26-20)17-10-6-3-7-11-17/h2-11,18,25H,12-15H2,1H3/t18-,21+/m0/s1. The third-order valence-electron chi connectivity index (χ3n) is 5.25. The highest BCUT2D eigenvalue weighted by Crippen LogP contribution is 2.33. The van der Waals surface area contributed by atoms with E-state index in [4.69, 9.17) is 4.52 Å². The van der Waals surface area contributed by atoms with Crippen LogP contribution >= 0.6 is 0 Å². The lowest BCUT2D eigenvalue weighted by molar-refractivity contribution is -0.0176. The quantitative estimate of drug-likeness (QED) is 0.780. The summed E-state index contributed by atoms with van der Waals surface area (Å²) in [6.45, 7) is 3.33. The highest BCUT2D eigenvalue weighted by Gasteiger charge is 2.39. The van der Waals surface area contributed by atoms with Crippen molar-refractivity contribution in [1.82, 2.24) is 10.1 Å². The number of anilines is 1. The number of nitrogens with zero attached hydrogens (tertiary/aromatic N) is 3. The summed E-state index contributed by atoms with van der Waals surface area (Å²) in [5, 5.41) is 15.0. The molecule has 1 aliphatic heterocycles. The number of aliphatic hydroxyl groups is 1. The van der Waals surface area contributed by atoms with E-state index in [1.54, 1.807) is 0 Å². The molecule has 1 aromatic heterocycles. The van der Waals surface area contributed by atoms with Gasteiger partial charge in [-0.05, 0) is 25.3 Å². The van der Waals surface area contributed by atoms with Crippen LogP contribution in [0, 0.1) is 5.92 Å². The molecule has 1 fully saturated rings. The van der Waals surface area contributed by atoms with Gasteiger partial charge in [-0.2, -0.15) is 4.98 Å². The molecule has 2 atom stereocenters. The normalized spacial score (nSPS) is 23.2. The molecule has 4 rings (SSSR count). The maximum absolute atomic E-state index is 10.9. The van der Waals surface area contributed by atoms with Crippen molar-refractivity contribution in [2.45, 2.75) is 25.4 Å². The first-order chi connectivity index (χ1) is 12.6. The van der Waals surface area contributed by atoms with Crippen LogP contribution in [0.5, 0.6) is 0 Å². The van der Waals surface area contributed by atoms with E-state index in [-0.39, 0.29) is 5.92 Å². The molecule has 2 heterocycles. The minimum atomic E-state index is -0.700. The van der Waals surface area contributed by atoms with Crippen LogP contribution in [0.3, 0.4) is 0 Å². The van der Waals surface area contributed by atoms with Gasteiger partial charge in [0.15, 0.2) is 0 Å². The minimum absolute atomic E-state index is 0.103. The Labute approximate surface area is 153 Å². The molecule has 0 saturated carbocycles. The van der Waals surface area contributed by atoms with Crippen molar-refractivity contribution in [2.75, 3.05) is 18.0 Å². The molecule has 1 aliphatic rings. The molecule has 134 valence electrons. The van der Waals surface area contributed by atoms with Crippen LogP contribution in [0.15, 0.2) is 65.2 Å². The molecule has 1 N–H and O–H groups in total. The van der Waals surface area contributed by atoms with Crippen molar-refractivity contribution in [3.63, 3.8) is 0 Å². The second kappa shape index (κ2) is 6.92. The Balaban J connectivity index is 1.52. The van der Waals surface area contributed by atoms with Crippen LogP contribution < -0.4 is 4.90 Å². The first kappa shape index (κ1) is 16.8. The lowest BCUT2D eigenvalue weighted by atomic mass is 9.79. The van der Waals surface area contributed by atoms with Gasteiger partial charge in [0.05, 0.1) is 5.60 Å². The summed E-state index contributed by atoms with van der Waals surface area (Å²) in [7, 11) is 0. The molecule has 5 nitrogen and oxygen atoms in total. The molecule has 0 aliphatic carbocycles. The fourth-order valence-electron chi connectivity index (χ4n) is 3.52. The topological polar surface area (TPSA) is 62.4 Å². The molecule has 0 radical (unpaired) electrons. The first-order valence-electron chi connectivity index (χ1n) is 9.02. The fourth-order valence-corrected chi connectivity index (χ4v) is 3.52. The zero-order chi connectivity index (χ0) is 18.0. The van der Waals surface area contributed by atoms with Crippen molar-refractivity contribution in [1.29, 1.82) is 0 Å². The maximum Gasteiger partial charge on any atom is 0.324 e. The molecule has 3 aromatic rings. The Kier molecular flexibility index (Phi) is 4.47. The zero-order valence-corrected chi connectivity index (χ0v) is 14.9. The van der Waals surface area contributed by atoms with Gasteiger partial charge in [0, 0.05) is 24.6 Å². The van der Waals surface area contributed by atoms with Crippen molar-refractivity contribution in [3.8, 4) is 11.4 Å². The van der Waals surface area contributed by atoms with Gasteiger partial charge in [0.1, 0.15) is 0 Å². The Morgan fingerprint density at radius 2 is 1.81 bits per heavy atom. The Bertz CT molecular complexity index is 846. The van der Waals surface area contributed by atoms with E-state index in [1.807, 2.05) is 55.5 Å². The van der Waals surface area contributed by atoms with Gasteiger partial charge in [0.2, 0.25) is 5.82 Å². The lowest BCUT2D eigenvalue weighted by Crippen LogP contribution is -2.51. The molecule has 0 bridgehead atoms. The molecule has 2 aromatic carbocycles. The number of piperidine rings is 1. The van der Waals surface area contributed by atoms with E-state index >= 15 is 0 Å². The first-order valence-corrected chi connectivity index (χ1v) is 9.02. The van der Waals surface area contributed by atoms with Gasteiger partial charge < -0.3 is 14.5 Å². The van der Waals surface area contributed by atoms with Crippen LogP contribution in [-0.2, 0) is 6.42 Å². The van der Waals surface area contributed by atoms with Crippen molar-refractivity contribution < 1.29 is 9.63 Å². The van der Waals surface area contributed by atoms with E-state index in [2.05, 4.69) is 27.2 Å². The van der Waals surface area contributed by atoms with Gasteiger partial charge in [-0.25, -0.2) is 0 Å². The molecule has 0 amide bonds. The molecule has 0 spiro atoms. The third-order valence-corrected chi connectivity index (χ3v) is 5.25. The Hall–Kier alpha value is -2.66. The molecular weight excluding hydrogens is 326 g/mol. The van der Waals surface area contributed by atoms with Crippen LogP contribution in [0.1, 0.15) is 18.9 Å². The average Bonchev–Trinajstić information content (AvgIpc) is 3.15. The summed E-state index contributed by atoms with van der Waals surface area (Å²) in [4.78, 5) is 6.65. The summed E-state index contributed by atoms with van der Waals surface area (Å²) < 4.78 is 5.51. The van der Waals surface area contributed by atoms with Gasteiger partial charge >= 0.3 is 6.01 Å². The lowest BCUT2D eigenvalue weighted by Gasteiger charge is -2.42. The zero-order valence-electron chi connectivity index (χ0n) is 14.9. The molecule has 26 heavy (non-hydrogen) atoms.